The van der Waals surface area contributed by atoms with E-state index in [0.717, 1.165) is 0 Å². The van der Waals surface area contributed by atoms with Crippen LogP contribution in [-0.2, 0) is 0 Å². The summed E-state index contributed by atoms with van der Waals surface area (Å²) in [4.78, 5) is 16.3. The minimum atomic E-state index is -0.181. The molecule has 4 nitrogen and oxygen atoms in total. The number of aromatic nitrogens is 1. The van der Waals surface area contributed by atoms with Gasteiger partial charge in [-0.1, -0.05) is 13.8 Å². The van der Waals surface area contributed by atoms with Gasteiger partial charge in [0, 0.05) is 5.39 Å². The third-order valence-electron chi connectivity index (χ3n) is 3.09. The molecule has 1 aromatic carbocycles. The molecule has 0 spiro atoms. The van der Waals surface area contributed by atoms with Crippen molar-refractivity contribution in [2.24, 2.45) is 0 Å². The van der Waals surface area contributed by atoms with Gasteiger partial charge in [0.15, 0.2) is 5.78 Å². The summed E-state index contributed by atoms with van der Waals surface area (Å²) in [6.07, 6.45) is 0. The lowest BCUT2D eigenvalue weighted by molar-refractivity contribution is 0.101. The molecule has 0 aliphatic rings. The molecule has 0 aliphatic carbocycles. The molecule has 0 amide bonds. The van der Waals surface area contributed by atoms with E-state index in [1.165, 1.54) is 6.92 Å². The van der Waals surface area contributed by atoms with Crippen molar-refractivity contribution in [3.63, 3.8) is 0 Å². The fourth-order valence-electron chi connectivity index (χ4n) is 2.14. The molecule has 1 aromatic heterocycles. The number of ketones is 1. The van der Waals surface area contributed by atoms with Crippen molar-refractivity contribution in [3.8, 4) is 11.5 Å². The molecular weight excluding hydrogens is 242 g/mol. The fourth-order valence-corrected chi connectivity index (χ4v) is 2.14. The van der Waals surface area contributed by atoms with Crippen LogP contribution in [0, 0.1) is 0 Å². The van der Waals surface area contributed by atoms with E-state index in [4.69, 9.17) is 4.74 Å². The van der Waals surface area contributed by atoms with Crippen molar-refractivity contribution in [1.82, 2.24) is 4.98 Å². The first-order chi connectivity index (χ1) is 8.95. The van der Waals surface area contributed by atoms with E-state index in [9.17, 15) is 9.90 Å². The topological polar surface area (TPSA) is 59.4 Å². The molecule has 0 unspecified atom stereocenters. The first-order valence-electron chi connectivity index (χ1n) is 6.17. The van der Waals surface area contributed by atoms with Crippen molar-refractivity contribution in [2.45, 2.75) is 26.7 Å². The quantitative estimate of drug-likeness (QED) is 0.859. The van der Waals surface area contributed by atoms with Crippen molar-refractivity contribution >= 4 is 16.7 Å². The minimum Gasteiger partial charge on any atom is -0.505 e. The van der Waals surface area contributed by atoms with E-state index >= 15 is 0 Å². The average Bonchev–Trinajstić information content (AvgIpc) is 2.36. The van der Waals surface area contributed by atoms with Crippen LogP contribution in [0.5, 0.6) is 11.5 Å². The number of carbonyl (C=O) groups is 1. The van der Waals surface area contributed by atoms with Gasteiger partial charge in [-0.3, -0.25) is 4.79 Å². The van der Waals surface area contributed by atoms with Crippen LogP contribution in [-0.4, -0.2) is 23.0 Å². The van der Waals surface area contributed by atoms with Gasteiger partial charge in [-0.15, -0.1) is 0 Å². The lowest BCUT2D eigenvalue weighted by Gasteiger charge is -2.14. The largest absolute Gasteiger partial charge is 0.505 e. The van der Waals surface area contributed by atoms with Crippen LogP contribution < -0.4 is 4.74 Å². The van der Waals surface area contributed by atoms with Crippen LogP contribution in [0.25, 0.3) is 10.9 Å². The Morgan fingerprint density at radius 1 is 1.37 bits per heavy atom. The van der Waals surface area contributed by atoms with Crippen molar-refractivity contribution in [2.75, 3.05) is 7.11 Å². The Kier molecular flexibility index (Phi) is 3.42. The van der Waals surface area contributed by atoms with Gasteiger partial charge in [-0.05, 0) is 31.0 Å². The lowest BCUT2D eigenvalue weighted by Crippen LogP contribution is -2.03. The molecule has 0 saturated carbocycles. The molecule has 0 radical (unpaired) electrons. The molecule has 0 fully saturated rings. The summed E-state index contributed by atoms with van der Waals surface area (Å²) in [5, 5.41) is 10.9. The van der Waals surface area contributed by atoms with Crippen LogP contribution >= 0.6 is 0 Å². The maximum Gasteiger partial charge on any atom is 0.164 e. The molecule has 1 heterocycles. The summed E-state index contributed by atoms with van der Waals surface area (Å²) < 4.78 is 5.15. The number of fused-ring (bicyclic) bond motifs is 1. The van der Waals surface area contributed by atoms with Gasteiger partial charge >= 0.3 is 0 Å². The normalized spacial score (nSPS) is 11.0. The van der Waals surface area contributed by atoms with Gasteiger partial charge < -0.3 is 9.84 Å². The molecule has 19 heavy (non-hydrogen) atoms. The van der Waals surface area contributed by atoms with Gasteiger partial charge in [0.1, 0.15) is 11.5 Å². The predicted molar refractivity (Wildman–Crippen MR) is 74.1 cm³/mol. The highest BCUT2D eigenvalue weighted by molar-refractivity contribution is 6.09. The predicted octanol–water partition coefficient (Wildman–Crippen LogP) is 3.28. The molecule has 0 atom stereocenters. The Hall–Kier alpha value is -2.10. The van der Waals surface area contributed by atoms with E-state index in [-0.39, 0.29) is 17.5 Å². The van der Waals surface area contributed by atoms with E-state index in [0.29, 0.717) is 27.9 Å². The summed E-state index contributed by atoms with van der Waals surface area (Å²) >= 11 is 0. The molecule has 100 valence electrons. The number of hydrogen-bond donors (Lipinski definition) is 1. The van der Waals surface area contributed by atoms with Gasteiger partial charge in [-0.2, -0.15) is 0 Å². The number of nitrogens with zero attached hydrogens (tertiary/aromatic N) is 1. The molecule has 0 bridgehead atoms. The van der Waals surface area contributed by atoms with Gasteiger partial charge in [0.2, 0.25) is 0 Å². The third kappa shape index (κ3) is 2.26. The summed E-state index contributed by atoms with van der Waals surface area (Å²) in [6, 6.07) is 5.31. The second-order valence-corrected chi connectivity index (χ2v) is 4.81. The van der Waals surface area contributed by atoms with Crippen LogP contribution in [0.15, 0.2) is 18.2 Å². The molecule has 0 saturated heterocycles. The Balaban J connectivity index is 2.88. The average molecular weight is 259 g/mol. The molecule has 2 rings (SSSR count). The van der Waals surface area contributed by atoms with Crippen LogP contribution in [0.2, 0.25) is 0 Å². The van der Waals surface area contributed by atoms with Gasteiger partial charge in [0.05, 0.1) is 23.9 Å². The summed E-state index contributed by atoms with van der Waals surface area (Å²) in [6.45, 7) is 5.31. The molecular formula is C15H17NO3. The fraction of sp³-hybridized carbons (Fsp3) is 0.333. The van der Waals surface area contributed by atoms with Crippen LogP contribution in [0.3, 0.4) is 0 Å². The Morgan fingerprint density at radius 2 is 2.05 bits per heavy atom. The number of Topliss-reactive ketones (excluding diaryl/α,β-unsaturated/α-hetero) is 1. The van der Waals surface area contributed by atoms with E-state index < -0.39 is 0 Å². The molecule has 1 N–H and O–H groups in total. The van der Waals surface area contributed by atoms with Gasteiger partial charge in [0.25, 0.3) is 0 Å². The lowest BCUT2D eigenvalue weighted by atomic mass is 9.99. The highest BCUT2D eigenvalue weighted by atomic mass is 16.5. The monoisotopic (exact) mass is 259 g/mol. The summed E-state index contributed by atoms with van der Waals surface area (Å²) in [7, 11) is 1.56. The maximum atomic E-state index is 11.8. The third-order valence-corrected chi connectivity index (χ3v) is 3.09. The number of carbonyl (C=O) groups excluding carboxylic acids is 1. The smallest absolute Gasteiger partial charge is 0.164 e. The first kappa shape index (κ1) is 13.3. The molecule has 2 aromatic rings. The van der Waals surface area contributed by atoms with E-state index in [1.54, 1.807) is 25.3 Å². The highest BCUT2D eigenvalue weighted by Crippen LogP contribution is 2.34. The number of rotatable bonds is 3. The zero-order chi connectivity index (χ0) is 14.2. The number of pyridine rings is 1. The molecule has 4 heteroatoms. The number of methoxy groups -OCH3 is 1. The zero-order valence-electron chi connectivity index (χ0n) is 11.5. The second kappa shape index (κ2) is 4.88. The number of hydrogen-bond acceptors (Lipinski definition) is 4. The Morgan fingerprint density at radius 3 is 2.58 bits per heavy atom. The minimum absolute atomic E-state index is 0.0248. The number of benzene rings is 1. The SMILES string of the molecule is COc1ccc2nc(C(C)C)c(O)c(C(C)=O)c2c1. The highest BCUT2D eigenvalue weighted by Gasteiger charge is 2.19. The summed E-state index contributed by atoms with van der Waals surface area (Å²) in [5.74, 6) is 0.474. The maximum absolute atomic E-state index is 11.8. The first-order valence-corrected chi connectivity index (χ1v) is 6.17. The van der Waals surface area contributed by atoms with E-state index in [2.05, 4.69) is 4.98 Å². The summed E-state index contributed by atoms with van der Waals surface area (Å²) in [5.41, 5.74) is 1.54. The number of ether oxygens (including phenoxy) is 1. The van der Waals surface area contributed by atoms with Crippen molar-refractivity contribution in [1.29, 1.82) is 0 Å². The van der Waals surface area contributed by atoms with Gasteiger partial charge in [-0.25, -0.2) is 4.98 Å². The Labute approximate surface area is 112 Å². The van der Waals surface area contributed by atoms with E-state index in [1.807, 2.05) is 13.8 Å². The Bertz CT molecular complexity index is 647. The number of aromatic hydroxyl groups is 1. The molecule has 0 aliphatic heterocycles. The van der Waals surface area contributed by atoms with Crippen LogP contribution in [0.1, 0.15) is 42.7 Å². The van der Waals surface area contributed by atoms with Crippen LogP contribution in [0.4, 0.5) is 0 Å². The standard InChI is InChI=1S/C15H17NO3/c1-8(2)14-15(18)13(9(3)17)11-7-10(19-4)5-6-12(11)16-14/h5-8,18H,1-4H3. The van der Waals surface area contributed by atoms with Crippen molar-refractivity contribution in [3.05, 3.63) is 29.5 Å². The zero-order valence-corrected chi connectivity index (χ0v) is 11.5. The van der Waals surface area contributed by atoms with Crippen molar-refractivity contribution < 1.29 is 14.6 Å². The second-order valence-electron chi connectivity index (χ2n) is 4.81.